The van der Waals surface area contributed by atoms with Gasteiger partial charge in [-0.15, -0.1) is 0 Å². The maximum Gasteiger partial charge on any atom is 0.319 e. The Labute approximate surface area is 137 Å². The number of nitrogens with one attached hydrogen (secondary N) is 3. The van der Waals surface area contributed by atoms with E-state index in [1.54, 1.807) is 24.3 Å². The summed E-state index contributed by atoms with van der Waals surface area (Å²) >= 11 is 0. The highest BCUT2D eigenvalue weighted by Crippen LogP contribution is 2.20. The van der Waals surface area contributed by atoms with Gasteiger partial charge in [-0.3, -0.25) is 4.79 Å². The molecule has 124 valence electrons. The van der Waals surface area contributed by atoms with E-state index in [9.17, 15) is 9.59 Å². The fourth-order valence-electron chi connectivity index (χ4n) is 2.98. The highest BCUT2D eigenvalue weighted by atomic mass is 16.2. The van der Waals surface area contributed by atoms with Gasteiger partial charge in [0, 0.05) is 23.3 Å². The minimum Gasteiger partial charge on any atom is -0.349 e. The fraction of sp³-hybridized carbons (Fsp3) is 0.556. The third-order valence-electron chi connectivity index (χ3n) is 4.51. The number of benzene rings is 1. The first-order valence-corrected chi connectivity index (χ1v) is 8.69. The largest absolute Gasteiger partial charge is 0.349 e. The topological polar surface area (TPSA) is 70.2 Å². The number of carbonyl (C=O) groups is 2. The van der Waals surface area contributed by atoms with Crippen LogP contribution in [0.1, 0.15) is 61.7 Å². The molecule has 0 spiro atoms. The smallest absolute Gasteiger partial charge is 0.319 e. The van der Waals surface area contributed by atoms with Gasteiger partial charge in [0.15, 0.2) is 0 Å². The Kier molecular flexibility index (Phi) is 5.16. The summed E-state index contributed by atoms with van der Waals surface area (Å²) in [6.07, 6.45) is 9.20. The summed E-state index contributed by atoms with van der Waals surface area (Å²) < 4.78 is 0. The van der Waals surface area contributed by atoms with Crippen molar-refractivity contribution in [2.45, 2.75) is 63.5 Å². The van der Waals surface area contributed by atoms with Gasteiger partial charge in [0.1, 0.15) is 0 Å². The monoisotopic (exact) mass is 315 g/mol. The van der Waals surface area contributed by atoms with E-state index in [0.717, 1.165) is 25.7 Å². The summed E-state index contributed by atoms with van der Waals surface area (Å²) in [7, 11) is 0. The molecule has 1 aromatic rings. The standard InChI is InChI=1S/C18H25N3O2/c22-17(19-15-11-12-15)13-7-9-16(10-8-13)21-18(23)20-14-5-3-1-2-4-6-14/h7-10,14-15H,1-6,11-12H2,(H,19,22)(H2,20,21,23). The van der Waals surface area contributed by atoms with Crippen molar-refractivity contribution in [1.29, 1.82) is 0 Å². The first-order valence-electron chi connectivity index (χ1n) is 8.69. The Morgan fingerprint density at radius 2 is 1.39 bits per heavy atom. The molecule has 0 atom stereocenters. The number of hydrogen-bond donors (Lipinski definition) is 3. The summed E-state index contributed by atoms with van der Waals surface area (Å²) in [4.78, 5) is 24.0. The van der Waals surface area contributed by atoms with Crippen LogP contribution in [0.4, 0.5) is 10.5 Å². The van der Waals surface area contributed by atoms with Crippen molar-refractivity contribution in [2.75, 3.05) is 5.32 Å². The molecular weight excluding hydrogens is 290 g/mol. The van der Waals surface area contributed by atoms with Crippen LogP contribution in [0.5, 0.6) is 0 Å². The molecule has 0 unspecified atom stereocenters. The van der Waals surface area contributed by atoms with Crippen molar-refractivity contribution >= 4 is 17.6 Å². The van der Waals surface area contributed by atoms with Crippen LogP contribution >= 0.6 is 0 Å². The van der Waals surface area contributed by atoms with Gasteiger partial charge >= 0.3 is 6.03 Å². The molecule has 3 rings (SSSR count). The first-order chi connectivity index (χ1) is 11.2. The van der Waals surface area contributed by atoms with Crippen molar-refractivity contribution < 1.29 is 9.59 Å². The van der Waals surface area contributed by atoms with E-state index in [2.05, 4.69) is 16.0 Å². The minimum absolute atomic E-state index is 0.0399. The minimum atomic E-state index is -0.160. The summed E-state index contributed by atoms with van der Waals surface area (Å²) in [5.41, 5.74) is 1.34. The van der Waals surface area contributed by atoms with Gasteiger partial charge in [0.2, 0.25) is 0 Å². The molecular formula is C18H25N3O2. The molecule has 5 heteroatoms. The Bertz CT molecular complexity index is 544. The van der Waals surface area contributed by atoms with E-state index in [1.807, 2.05) is 0 Å². The highest BCUT2D eigenvalue weighted by molar-refractivity contribution is 5.95. The summed E-state index contributed by atoms with van der Waals surface area (Å²) in [5, 5.41) is 8.85. The van der Waals surface area contributed by atoms with Gasteiger partial charge in [-0.25, -0.2) is 4.79 Å². The third kappa shape index (κ3) is 4.98. The van der Waals surface area contributed by atoms with E-state index in [0.29, 0.717) is 17.3 Å². The van der Waals surface area contributed by atoms with Crippen LogP contribution in [0.2, 0.25) is 0 Å². The second-order valence-corrected chi connectivity index (χ2v) is 6.61. The second kappa shape index (κ2) is 7.49. The molecule has 23 heavy (non-hydrogen) atoms. The molecule has 3 amide bonds. The Morgan fingerprint density at radius 3 is 2.00 bits per heavy atom. The summed E-state index contributed by atoms with van der Waals surface area (Å²) in [6.45, 7) is 0. The molecule has 0 bridgehead atoms. The Morgan fingerprint density at radius 1 is 0.783 bits per heavy atom. The van der Waals surface area contributed by atoms with Gasteiger partial charge in [0.05, 0.1) is 0 Å². The Balaban J connectivity index is 1.48. The first kappa shape index (κ1) is 15.8. The average Bonchev–Trinajstić information content (AvgIpc) is 3.36. The molecule has 1 aromatic carbocycles. The van der Waals surface area contributed by atoms with E-state index in [1.165, 1.54) is 25.7 Å². The molecule has 3 N–H and O–H groups in total. The van der Waals surface area contributed by atoms with E-state index < -0.39 is 0 Å². The van der Waals surface area contributed by atoms with Crippen molar-refractivity contribution in [2.24, 2.45) is 0 Å². The van der Waals surface area contributed by atoms with Gasteiger partial charge in [-0.05, 0) is 49.9 Å². The van der Waals surface area contributed by atoms with E-state index in [4.69, 9.17) is 0 Å². The van der Waals surface area contributed by atoms with Crippen molar-refractivity contribution in [1.82, 2.24) is 10.6 Å². The lowest BCUT2D eigenvalue weighted by molar-refractivity contribution is 0.0951. The predicted octanol–water partition coefficient (Wildman–Crippen LogP) is 3.42. The van der Waals surface area contributed by atoms with Crippen LogP contribution < -0.4 is 16.0 Å². The van der Waals surface area contributed by atoms with Crippen LogP contribution in [0.3, 0.4) is 0 Å². The molecule has 0 heterocycles. The lowest BCUT2D eigenvalue weighted by atomic mass is 10.1. The predicted molar refractivity (Wildman–Crippen MR) is 90.6 cm³/mol. The highest BCUT2D eigenvalue weighted by Gasteiger charge is 2.23. The second-order valence-electron chi connectivity index (χ2n) is 6.61. The van der Waals surface area contributed by atoms with E-state index in [-0.39, 0.29) is 18.0 Å². The lowest BCUT2D eigenvalue weighted by Crippen LogP contribution is -2.37. The molecule has 2 aliphatic carbocycles. The van der Waals surface area contributed by atoms with Crippen LogP contribution in [-0.4, -0.2) is 24.0 Å². The maximum absolute atomic E-state index is 12.1. The van der Waals surface area contributed by atoms with Gasteiger partial charge < -0.3 is 16.0 Å². The van der Waals surface area contributed by atoms with Gasteiger partial charge in [0.25, 0.3) is 5.91 Å². The van der Waals surface area contributed by atoms with Crippen LogP contribution in [0.15, 0.2) is 24.3 Å². The normalized spacial score (nSPS) is 18.8. The van der Waals surface area contributed by atoms with Gasteiger partial charge in [-0.2, -0.15) is 0 Å². The zero-order valence-electron chi connectivity index (χ0n) is 13.4. The zero-order chi connectivity index (χ0) is 16.1. The third-order valence-corrected chi connectivity index (χ3v) is 4.51. The van der Waals surface area contributed by atoms with Crippen LogP contribution in [-0.2, 0) is 0 Å². The maximum atomic E-state index is 12.1. The quantitative estimate of drug-likeness (QED) is 0.745. The number of anilines is 1. The average molecular weight is 315 g/mol. The molecule has 2 aliphatic rings. The number of carbonyl (C=O) groups excluding carboxylic acids is 2. The van der Waals surface area contributed by atoms with Crippen molar-refractivity contribution in [3.8, 4) is 0 Å². The number of urea groups is 1. The summed E-state index contributed by atoms with van der Waals surface area (Å²) in [6, 6.07) is 7.51. The number of rotatable bonds is 4. The Hall–Kier alpha value is -2.04. The fourth-order valence-corrected chi connectivity index (χ4v) is 2.98. The molecule has 0 aliphatic heterocycles. The lowest BCUT2D eigenvalue weighted by Gasteiger charge is -2.16. The SMILES string of the molecule is O=C(Nc1ccc(C(=O)NC2CC2)cc1)NC1CCCCCC1. The molecule has 2 saturated carbocycles. The van der Waals surface area contributed by atoms with Crippen LogP contribution in [0.25, 0.3) is 0 Å². The van der Waals surface area contributed by atoms with E-state index >= 15 is 0 Å². The molecule has 0 radical (unpaired) electrons. The number of hydrogen-bond acceptors (Lipinski definition) is 2. The molecule has 2 fully saturated rings. The zero-order valence-corrected chi connectivity index (χ0v) is 13.4. The van der Waals surface area contributed by atoms with Gasteiger partial charge in [-0.1, -0.05) is 25.7 Å². The number of amides is 3. The van der Waals surface area contributed by atoms with Crippen LogP contribution in [0, 0.1) is 0 Å². The van der Waals surface area contributed by atoms with Crippen molar-refractivity contribution in [3.63, 3.8) is 0 Å². The molecule has 0 aromatic heterocycles. The molecule has 0 saturated heterocycles. The van der Waals surface area contributed by atoms with Crippen molar-refractivity contribution in [3.05, 3.63) is 29.8 Å². The molecule has 5 nitrogen and oxygen atoms in total. The summed E-state index contributed by atoms with van der Waals surface area (Å²) in [5.74, 6) is -0.0399.